The van der Waals surface area contributed by atoms with Crippen molar-refractivity contribution in [2.24, 2.45) is 0 Å². The summed E-state index contributed by atoms with van der Waals surface area (Å²) in [5.74, 6) is -1.06. The zero-order chi connectivity index (χ0) is 21.1. The number of ketones is 1. The number of fused-ring (bicyclic) bond motifs is 1. The number of aromatic nitrogens is 1. The molecule has 1 atom stereocenters. The van der Waals surface area contributed by atoms with E-state index < -0.39 is 30.9 Å². The number of hydrogen-bond donors (Lipinski definition) is 0. The fourth-order valence-corrected chi connectivity index (χ4v) is 7.54. The third kappa shape index (κ3) is 3.54. The molecule has 2 aromatic rings. The monoisotopic (exact) mass is 474 g/mol. The van der Waals surface area contributed by atoms with E-state index in [-0.39, 0.29) is 38.8 Å². The number of rotatable bonds is 4. The third-order valence-corrected chi connectivity index (χ3v) is 8.71. The molecule has 4 rings (SSSR count). The van der Waals surface area contributed by atoms with Crippen LogP contribution in [-0.4, -0.2) is 39.9 Å². The van der Waals surface area contributed by atoms with Crippen LogP contribution < -0.4 is 4.31 Å². The van der Waals surface area contributed by atoms with E-state index in [0.29, 0.717) is 18.4 Å². The van der Waals surface area contributed by atoms with Gasteiger partial charge in [-0.05, 0) is 36.1 Å². The summed E-state index contributed by atoms with van der Waals surface area (Å²) in [6.07, 6.45) is 3.73. The molecule has 1 saturated carbocycles. The van der Waals surface area contributed by atoms with Crippen LogP contribution in [0, 0.1) is 0 Å². The Bertz CT molecular complexity index is 1240. The molecular formula is C18H16Cl2N2O5S2. The standard InChI is InChI=1S/C18H16Cl2N2O5S2/c1-28(24,25)22(11-4-5-11)16-13(19)7-6-12(14(16)20)18-17(23)15-10(3-2-8-21-15)9-29(18,26)27/h2-3,6-8,11,18H,4-5,9H2,1H3. The highest BCUT2D eigenvalue weighted by atomic mass is 35.5. The largest absolute Gasteiger partial charge is 0.291 e. The number of sulfone groups is 1. The average Bonchev–Trinajstić information content (AvgIpc) is 3.43. The van der Waals surface area contributed by atoms with E-state index in [1.165, 1.54) is 18.3 Å². The molecule has 154 valence electrons. The molecule has 1 fully saturated rings. The number of benzene rings is 1. The SMILES string of the molecule is CS(=O)(=O)N(c1c(Cl)ccc(C2C(=O)c3ncccc3CS2(=O)=O)c1Cl)C1CC1. The first-order valence-electron chi connectivity index (χ1n) is 8.69. The highest BCUT2D eigenvalue weighted by Gasteiger charge is 2.44. The number of pyridine rings is 1. The van der Waals surface area contributed by atoms with Crippen molar-refractivity contribution in [2.75, 3.05) is 10.6 Å². The first kappa shape index (κ1) is 20.6. The second kappa shape index (κ2) is 6.94. The van der Waals surface area contributed by atoms with E-state index in [2.05, 4.69) is 4.98 Å². The van der Waals surface area contributed by atoms with Gasteiger partial charge in [-0.15, -0.1) is 0 Å². The van der Waals surface area contributed by atoms with Crippen LogP contribution in [0.4, 0.5) is 5.69 Å². The molecule has 2 aliphatic rings. The smallest absolute Gasteiger partial charge is 0.232 e. The normalized spacial score (nSPS) is 20.9. The Morgan fingerprint density at radius 2 is 1.86 bits per heavy atom. The predicted octanol–water partition coefficient (Wildman–Crippen LogP) is 3.17. The average molecular weight is 475 g/mol. The highest BCUT2D eigenvalue weighted by Crippen LogP contribution is 2.47. The molecule has 7 nitrogen and oxygen atoms in total. The molecule has 0 amide bonds. The topological polar surface area (TPSA) is 101 Å². The van der Waals surface area contributed by atoms with Gasteiger partial charge in [0.05, 0.1) is 27.7 Å². The van der Waals surface area contributed by atoms with Crippen LogP contribution in [0.25, 0.3) is 0 Å². The summed E-state index contributed by atoms with van der Waals surface area (Å²) in [5, 5.41) is -1.67. The lowest BCUT2D eigenvalue weighted by Crippen LogP contribution is -2.34. The third-order valence-electron chi connectivity index (χ3n) is 4.91. The van der Waals surface area contributed by atoms with Gasteiger partial charge in [0.2, 0.25) is 15.8 Å². The number of anilines is 1. The Kier molecular flexibility index (Phi) is 4.92. The number of Topliss-reactive ketones (excluding diaryl/α,β-unsaturated/α-hetero) is 1. The molecule has 29 heavy (non-hydrogen) atoms. The number of sulfonamides is 1. The maximum atomic E-state index is 13.0. The Morgan fingerprint density at radius 3 is 2.48 bits per heavy atom. The molecule has 0 N–H and O–H groups in total. The van der Waals surface area contributed by atoms with Gasteiger partial charge in [0, 0.05) is 12.2 Å². The van der Waals surface area contributed by atoms with Crippen molar-refractivity contribution in [3.8, 4) is 0 Å². The first-order valence-corrected chi connectivity index (χ1v) is 13.0. The summed E-state index contributed by atoms with van der Waals surface area (Å²) in [6, 6.07) is 5.54. The van der Waals surface area contributed by atoms with E-state index in [9.17, 15) is 21.6 Å². The molecule has 0 radical (unpaired) electrons. The van der Waals surface area contributed by atoms with Crippen molar-refractivity contribution < 1.29 is 21.6 Å². The van der Waals surface area contributed by atoms with Crippen LogP contribution in [0.2, 0.25) is 10.0 Å². The number of hydrogen-bond acceptors (Lipinski definition) is 6. The van der Waals surface area contributed by atoms with E-state index in [1.54, 1.807) is 12.1 Å². The molecule has 1 aliphatic heterocycles. The number of halogens is 2. The lowest BCUT2D eigenvalue weighted by Gasteiger charge is -2.28. The minimum Gasteiger partial charge on any atom is -0.291 e. The molecule has 0 spiro atoms. The molecular weight excluding hydrogens is 459 g/mol. The first-order chi connectivity index (χ1) is 13.5. The molecule has 1 aliphatic carbocycles. The molecule has 0 saturated heterocycles. The lowest BCUT2D eigenvalue weighted by molar-refractivity contribution is 0.0979. The van der Waals surface area contributed by atoms with Gasteiger partial charge in [-0.3, -0.25) is 14.1 Å². The minimum absolute atomic E-state index is 0.00155. The van der Waals surface area contributed by atoms with Gasteiger partial charge in [-0.1, -0.05) is 35.3 Å². The highest BCUT2D eigenvalue weighted by molar-refractivity contribution is 7.92. The van der Waals surface area contributed by atoms with Crippen molar-refractivity contribution in [1.29, 1.82) is 0 Å². The summed E-state index contributed by atoms with van der Waals surface area (Å²) in [6.45, 7) is 0. The van der Waals surface area contributed by atoms with Gasteiger partial charge in [-0.2, -0.15) is 0 Å². The van der Waals surface area contributed by atoms with Gasteiger partial charge < -0.3 is 0 Å². The van der Waals surface area contributed by atoms with Crippen molar-refractivity contribution in [3.05, 3.63) is 57.3 Å². The molecule has 0 bridgehead atoms. The Morgan fingerprint density at radius 1 is 1.17 bits per heavy atom. The van der Waals surface area contributed by atoms with Crippen molar-refractivity contribution >= 4 is 54.5 Å². The number of carbonyl (C=O) groups is 1. The minimum atomic E-state index is -3.94. The molecule has 2 heterocycles. The van der Waals surface area contributed by atoms with E-state index in [4.69, 9.17) is 23.2 Å². The predicted molar refractivity (Wildman–Crippen MR) is 111 cm³/mol. The van der Waals surface area contributed by atoms with Crippen LogP contribution in [-0.2, 0) is 25.6 Å². The zero-order valence-corrected chi connectivity index (χ0v) is 18.3. The quantitative estimate of drug-likeness (QED) is 0.674. The van der Waals surface area contributed by atoms with Crippen LogP contribution in [0.1, 0.15) is 39.7 Å². The maximum absolute atomic E-state index is 13.0. The summed E-state index contributed by atoms with van der Waals surface area (Å²) in [7, 11) is -7.66. The Hall–Kier alpha value is -1.68. The van der Waals surface area contributed by atoms with Crippen LogP contribution in [0.3, 0.4) is 0 Å². The maximum Gasteiger partial charge on any atom is 0.232 e. The fourth-order valence-electron chi connectivity index (χ4n) is 3.59. The second-order valence-corrected chi connectivity index (χ2v) is 11.9. The molecule has 1 aromatic heterocycles. The van der Waals surface area contributed by atoms with Crippen LogP contribution in [0.5, 0.6) is 0 Å². The van der Waals surface area contributed by atoms with Crippen molar-refractivity contribution in [1.82, 2.24) is 4.98 Å². The van der Waals surface area contributed by atoms with Gasteiger partial charge in [0.25, 0.3) is 0 Å². The number of nitrogens with zero attached hydrogens (tertiary/aromatic N) is 2. The fraction of sp³-hybridized carbons (Fsp3) is 0.333. The lowest BCUT2D eigenvalue weighted by atomic mass is 10.0. The summed E-state index contributed by atoms with van der Waals surface area (Å²) >= 11 is 12.8. The van der Waals surface area contributed by atoms with Crippen molar-refractivity contribution in [3.63, 3.8) is 0 Å². The Labute approximate surface area is 178 Å². The Balaban J connectivity index is 1.92. The van der Waals surface area contributed by atoms with Crippen LogP contribution in [0.15, 0.2) is 30.5 Å². The zero-order valence-electron chi connectivity index (χ0n) is 15.2. The van der Waals surface area contributed by atoms with E-state index in [0.717, 1.165) is 10.6 Å². The molecule has 1 unspecified atom stereocenters. The summed E-state index contributed by atoms with van der Waals surface area (Å²) in [4.78, 5) is 17.1. The van der Waals surface area contributed by atoms with Gasteiger partial charge in [0.15, 0.2) is 15.1 Å². The van der Waals surface area contributed by atoms with Gasteiger partial charge in [0.1, 0.15) is 5.69 Å². The van der Waals surface area contributed by atoms with Crippen LogP contribution >= 0.6 is 23.2 Å². The summed E-state index contributed by atoms with van der Waals surface area (Å²) in [5.41, 5.74) is 0.407. The molecule has 1 aromatic carbocycles. The van der Waals surface area contributed by atoms with Crippen molar-refractivity contribution in [2.45, 2.75) is 29.9 Å². The van der Waals surface area contributed by atoms with Gasteiger partial charge in [-0.25, -0.2) is 16.8 Å². The second-order valence-electron chi connectivity index (χ2n) is 7.15. The van der Waals surface area contributed by atoms with E-state index in [1.807, 2.05) is 0 Å². The van der Waals surface area contributed by atoms with E-state index >= 15 is 0 Å². The summed E-state index contributed by atoms with van der Waals surface area (Å²) < 4.78 is 51.8. The number of carbonyl (C=O) groups excluding carboxylic acids is 1. The van der Waals surface area contributed by atoms with Gasteiger partial charge >= 0.3 is 0 Å². The molecule has 11 heteroatoms.